The van der Waals surface area contributed by atoms with Gasteiger partial charge in [-0.1, -0.05) is 0 Å². The highest BCUT2D eigenvalue weighted by Gasteiger charge is 2.16. The van der Waals surface area contributed by atoms with Crippen LogP contribution >= 0.6 is 0 Å². The summed E-state index contributed by atoms with van der Waals surface area (Å²) in [4.78, 5) is 12.9. The monoisotopic (exact) mass is 279 g/mol. The Balaban J connectivity index is 2.03. The van der Waals surface area contributed by atoms with Gasteiger partial charge in [-0.3, -0.25) is 16.0 Å². The van der Waals surface area contributed by atoms with Crippen LogP contribution in [-0.4, -0.2) is 35.5 Å². The fraction of sp³-hybridized carbons (Fsp3) is 0.538. The first-order valence-corrected chi connectivity index (χ1v) is 6.83. The molecule has 7 nitrogen and oxygen atoms in total. The fourth-order valence-electron chi connectivity index (χ4n) is 2.57. The average molecular weight is 279 g/mol. The molecule has 1 aromatic rings. The van der Waals surface area contributed by atoms with Crippen molar-refractivity contribution >= 4 is 17.1 Å². The summed E-state index contributed by atoms with van der Waals surface area (Å²) in [6.45, 7) is 5.29. The molecule has 4 N–H and O–H groups in total. The van der Waals surface area contributed by atoms with Gasteiger partial charge in [-0.2, -0.15) is 0 Å². The van der Waals surface area contributed by atoms with Crippen molar-refractivity contribution in [3.63, 3.8) is 0 Å². The second-order valence-corrected chi connectivity index (χ2v) is 5.22. The van der Waals surface area contributed by atoms with E-state index < -0.39 is 4.92 Å². The molecular formula is C13H21N5O2. The molecule has 7 heteroatoms. The largest absolute Gasteiger partial charge is 0.381 e. The summed E-state index contributed by atoms with van der Waals surface area (Å²) in [5, 5.41) is 14.2. The van der Waals surface area contributed by atoms with Crippen molar-refractivity contribution in [1.29, 1.82) is 0 Å². The summed E-state index contributed by atoms with van der Waals surface area (Å²) in [5.74, 6) is 5.34. The Labute approximate surface area is 118 Å². The number of nitrogens with two attached hydrogens (primary N) is 1. The van der Waals surface area contributed by atoms with Crippen molar-refractivity contribution < 1.29 is 4.92 Å². The van der Waals surface area contributed by atoms with Crippen molar-refractivity contribution in [2.24, 2.45) is 5.84 Å². The molecule has 110 valence electrons. The SMILES string of the molecule is CC(CN1CCCC1)Nc1cc(NN)cc([N+](=O)[O-])c1. The van der Waals surface area contributed by atoms with E-state index in [1.165, 1.54) is 25.0 Å². The average Bonchev–Trinajstić information content (AvgIpc) is 2.90. The third-order valence-electron chi connectivity index (χ3n) is 3.44. The highest BCUT2D eigenvalue weighted by Crippen LogP contribution is 2.24. The quantitative estimate of drug-likeness (QED) is 0.417. The van der Waals surface area contributed by atoms with Crippen LogP contribution in [0.4, 0.5) is 17.1 Å². The number of benzene rings is 1. The third kappa shape index (κ3) is 3.82. The summed E-state index contributed by atoms with van der Waals surface area (Å²) in [5.41, 5.74) is 3.71. The Morgan fingerprint density at radius 1 is 1.35 bits per heavy atom. The lowest BCUT2D eigenvalue weighted by molar-refractivity contribution is -0.384. The lowest BCUT2D eigenvalue weighted by atomic mass is 10.2. The molecule has 0 radical (unpaired) electrons. The molecule has 20 heavy (non-hydrogen) atoms. The number of nitrogen functional groups attached to an aromatic ring is 1. The first-order valence-electron chi connectivity index (χ1n) is 6.83. The van der Waals surface area contributed by atoms with E-state index in [1.54, 1.807) is 6.07 Å². The minimum Gasteiger partial charge on any atom is -0.381 e. The molecule has 0 saturated carbocycles. The van der Waals surface area contributed by atoms with Crippen LogP contribution in [0.25, 0.3) is 0 Å². The van der Waals surface area contributed by atoms with Gasteiger partial charge in [0.25, 0.3) is 5.69 Å². The Bertz CT molecular complexity index is 474. The lowest BCUT2D eigenvalue weighted by Gasteiger charge is -2.22. The summed E-state index contributed by atoms with van der Waals surface area (Å²) in [6, 6.07) is 4.94. The normalized spacial score (nSPS) is 16.9. The van der Waals surface area contributed by atoms with Gasteiger partial charge in [-0.15, -0.1) is 0 Å². The summed E-state index contributed by atoms with van der Waals surface area (Å²) >= 11 is 0. The van der Waals surface area contributed by atoms with Crippen LogP contribution in [0.1, 0.15) is 19.8 Å². The van der Waals surface area contributed by atoms with E-state index in [2.05, 4.69) is 22.6 Å². The zero-order chi connectivity index (χ0) is 14.5. The van der Waals surface area contributed by atoms with Gasteiger partial charge in [-0.05, 0) is 38.9 Å². The molecule has 2 rings (SSSR count). The first-order chi connectivity index (χ1) is 9.58. The number of hydrogen-bond donors (Lipinski definition) is 3. The number of hydrazine groups is 1. The molecule has 0 amide bonds. The van der Waals surface area contributed by atoms with Crippen LogP contribution in [0, 0.1) is 10.1 Å². The number of nitrogens with one attached hydrogen (secondary N) is 2. The predicted octanol–water partition coefficient (Wildman–Crippen LogP) is 1.78. The van der Waals surface area contributed by atoms with E-state index in [9.17, 15) is 10.1 Å². The molecule has 1 heterocycles. The third-order valence-corrected chi connectivity index (χ3v) is 3.44. The number of likely N-dealkylation sites (tertiary alicyclic amines) is 1. The summed E-state index contributed by atoms with van der Waals surface area (Å²) < 4.78 is 0. The van der Waals surface area contributed by atoms with Gasteiger partial charge in [0.15, 0.2) is 0 Å². The Morgan fingerprint density at radius 3 is 2.60 bits per heavy atom. The van der Waals surface area contributed by atoms with Crippen molar-refractivity contribution in [2.45, 2.75) is 25.8 Å². The zero-order valence-electron chi connectivity index (χ0n) is 11.6. The molecule has 0 aromatic heterocycles. The Hall–Kier alpha value is -1.86. The summed E-state index contributed by atoms with van der Waals surface area (Å²) in [7, 11) is 0. The second kappa shape index (κ2) is 6.53. The zero-order valence-corrected chi connectivity index (χ0v) is 11.6. The van der Waals surface area contributed by atoms with Gasteiger partial charge in [0.1, 0.15) is 0 Å². The number of hydrogen-bond acceptors (Lipinski definition) is 6. The molecule has 0 spiro atoms. The number of non-ortho nitro benzene ring substituents is 1. The number of nitro benzene ring substituents is 1. The highest BCUT2D eigenvalue weighted by atomic mass is 16.6. The van der Waals surface area contributed by atoms with Crippen LogP contribution in [0.3, 0.4) is 0 Å². The van der Waals surface area contributed by atoms with Crippen molar-refractivity contribution in [3.8, 4) is 0 Å². The Kier molecular flexibility index (Phi) is 4.75. The van der Waals surface area contributed by atoms with Crippen LogP contribution in [0.5, 0.6) is 0 Å². The number of rotatable bonds is 6. The van der Waals surface area contributed by atoms with Gasteiger partial charge in [0.05, 0.1) is 10.6 Å². The number of nitrogens with zero attached hydrogens (tertiary/aromatic N) is 2. The molecule has 1 aliphatic rings. The molecule has 0 bridgehead atoms. The maximum atomic E-state index is 10.9. The minimum absolute atomic E-state index is 0.0244. The van der Waals surface area contributed by atoms with E-state index in [0.29, 0.717) is 11.4 Å². The topological polar surface area (TPSA) is 96.5 Å². The number of nitro groups is 1. The second-order valence-electron chi connectivity index (χ2n) is 5.22. The van der Waals surface area contributed by atoms with Gasteiger partial charge < -0.3 is 15.6 Å². The van der Waals surface area contributed by atoms with Gasteiger partial charge in [0, 0.05) is 30.4 Å². The molecule has 1 aromatic carbocycles. The molecular weight excluding hydrogens is 258 g/mol. The summed E-state index contributed by atoms with van der Waals surface area (Å²) in [6.07, 6.45) is 2.51. The van der Waals surface area contributed by atoms with Crippen molar-refractivity contribution in [1.82, 2.24) is 4.90 Å². The molecule has 1 saturated heterocycles. The maximum absolute atomic E-state index is 10.9. The van der Waals surface area contributed by atoms with Crippen LogP contribution in [0.15, 0.2) is 18.2 Å². The van der Waals surface area contributed by atoms with E-state index in [4.69, 9.17) is 5.84 Å². The smallest absolute Gasteiger partial charge is 0.273 e. The van der Waals surface area contributed by atoms with E-state index in [1.807, 2.05) is 0 Å². The van der Waals surface area contributed by atoms with Gasteiger partial charge in [-0.25, -0.2) is 0 Å². The predicted molar refractivity (Wildman–Crippen MR) is 79.7 cm³/mol. The lowest BCUT2D eigenvalue weighted by Crippen LogP contribution is -2.33. The Morgan fingerprint density at radius 2 is 2.00 bits per heavy atom. The molecule has 1 unspecified atom stereocenters. The molecule has 0 aliphatic carbocycles. The van der Waals surface area contributed by atoms with Crippen LogP contribution in [0.2, 0.25) is 0 Å². The minimum atomic E-state index is -0.419. The molecule has 1 atom stereocenters. The van der Waals surface area contributed by atoms with E-state index in [0.717, 1.165) is 19.6 Å². The first kappa shape index (κ1) is 14.5. The van der Waals surface area contributed by atoms with Crippen molar-refractivity contribution in [3.05, 3.63) is 28.3 Å². The maximum Gasteiger partial charge on any atom is 0.273 e. The number of anilines is 2. The van der Waals surface area contributed by atoms with Gasteiger partial charge >= 0.3 is 0 Å². The van der Waals surface area contributed by atoms with Gasteiger partial charge in [0.2, 0.25) is 0 Å². The highest BCUT2D eigenvalue weighted by molar-refractivity contribution is 5.63. The molecule has 1 aliphatic heterocycles. The fourth-order valence-corrected chi connectivity index (χ4v) is 2.57. The van der Waals surface area contributed by atoms with E-state index >= 15 is 0 Å². The molecule has 1 fully saturated rings. The standard InChI is InChI=1S/C13H21N5O2/c1-10(9-17-4-2-3-5-17)15-11-6-12(16-14)8-13(7-11)18(19)20/h6-8,10,15-16H,2-5,9,14H2,1H3. The van der Waals surface area contributed by atoms with Crippen LogP contribution < -0.4 is 16.6 Å². The van der Waals surface area contributed by atoms with E-state index in [-0.39, 0.29) is 11.7 Å². The van der Waals surface area contributed by atoms with Crippen LogP contribution in [-0.2, 0) is 0 Å². The van der Waals surface area contributed by atoms with Crippen molar-refractivity contribution in [2.75, 3.05) is 30.4 Å².